The Morgan fingerprint density at radius 3 is 2.38 bits per heavy atom. The molecule has 0 aromatic rings. The molecule has 92 valence electrons. The molecule has 1 amide bonds. The fraction of sp³-hybridized carbons (Fsp3) is 0.917. The number of carbonyl (C=O) groups excluding carboxylic acids is 1. The molecular formula is C12H23N3O. The van der Waals surface area contributed by atoms with Gasteiger partial charge >= 0.3 is 0 Å². The lowest BCUT2D eigenvalue weighted by Gasteiger charge is -2.35. The second-order valence-corrected chi connectivity index (χ2v) is 5.00. The molecule has 0 aromatic carbocycles. The van der Waals surface area contributed by atoms with E-state index in [9.17, 15) is 4.79 Å². The molecule has 0 radical (unpaired) electrons. The number of hydrogen-bond donors (Lipinski definition) is 1. The van der Waals surface area contributed by atoms with Gasteiger partial charge in [-0.1, -0.05) is 0 Å². The van der Waals surface area contributed by atoms with Crippen LogP contribution in [-0.4, -0.2) is 61.5 Å². The number of amides is 1. The molecule has 16 heavy (non-hydrogen) atoms. The van der Waals surface area contributed by atoms with Crippen LogP contribution in [0.1, 0.15) is 19.8 Å². The first-order valence-corrected chi connectivity index (χ1v) is 6.44. The second kappa shape index (κ2) is 5.64. The van der Waals surface area contributed by atoms with Crippen molar-refractivity contribution in [2.75, 3.05) is 45.8 Å². The van der Waals surface area contributed by atoms with Gasteiger partial charge in [-0.3, -0.25) is 4.79 Å². The predicted molar refractivity (Wildman–Crippen MR) is 64.3 cm³/mol. The van der Waals surface area contributed by atoms with Gasteiger partial charge in [0.15, 0.2) is 0 Å². The molecule has 0 aromatic heterocycles. The maximum atomic E-state index is 11.2. The van der Waals surface area contributed by atoms with Crippen LogP contribution in [-0.2, 0) is 4.79 Å². The maximum Gasteiger partial charge on any atom is 0.219 e. The van der Waals surface area contributed by atoms with Crippen molar-refractivity contribution in [3.63, 3.8) is 0 Å². The van der Waals surface area contributed by atoms with Crippen molar-refractivity contribution < 1.29 is 4.79 Å². The van der Waals surface area contributed by atoms with Crippen molar-refractivity contribution in [2.45, 2.75) is 19.8 Å². The summed E-state index contributed by atoms with van der Waals surface area (Å²) in [6, 6.07) is 0. The SMILES string of the molecule is CC(=O)N1CCC(CN2CCNCC2)CC1. The Morgan fingerprint density at radius 1 is 1.19 bits per heavy atom. The van der Waals surface area contributed by atoms with Crippen LogP contribution in [0.4, 0.5) is 0 Å². The van der Waals surface area contributed by atoms with Gasteiger partial charge in [-0.25, -0.2) is 0 Å². The number of piperidine rings is 1. The summed E-state index contributed by atoms with van der Waals surface area (Å²) in [5.74, 6) is 1.04. The summed E-state index contributed by atoms with van der Waals surface area (Å²) in [4.78, 5) is 15.7. The number of hydrogen-bond acceptors (Lipinski definition) is 3. The minimum atomic E-state index is 0.237. The number of likely N-dealkylation sites (tertiary alicyclic amines) is 1. The standard InChI is InChI=1S/C12H23N3O/c1-11(16)15-6-2-12(3-7-15)10-14-8-4-13-5-9-14/h12-13H,2-10H2,1H3. The first-order chi connectivity index (χ1) is 7.75. The molecule has 0 spiro atoms. The molecular weight excluding hydrogens is 202 g/mol. The molecule has 0 bridgehead atoms. The molecule has 2 rings (SSSR count). The summed E-state index contributed by atoms with van der Waals surface area (Å²) >= 11 is 0. The first kappa shape index (κ1) is 11.9. The van der Waals surface area contributed by atoms with Gasteiger partial charge in [-0.05, 0) is 18.8 Å². The number of carbonyl (C=O) groups is 1. The fourth-order valence-electron chi connectivity index (χ4n) is 2.69. The highest BCUT2D eigenvalue weighted by atomic mass is 16.2. The first-order valence-electron chi connectivity index (χ1n) is 6.44. The van der Waals surface area contributed by atoms with Gasteiger partial charge in [-0.2, -0.15) is 0 Å². The summed E-state index contributed by atoms with van der Waals surface area (Å²) in [6.45, 7) is 9.47. The minimum absolute atomic E-state index is 0.237. The summed E-state index contributed by atoms with van der Waals surface area (Å²) in [5, 5.41) is 3.38. The highest BCUT2D eigenvalue weighted by molar-refractivity contribution is 5.73. The Kier molecular flexibility index (Phi) is 4.18. The zero-order chi connectivity index (χ0) is 11.4. The molecule has 1 N–H and O–H groups in total. The summed E-state index contributed by atoms with van der Waals surface area (Å²) in [5.41, 5.74) is 0. The Balaban J connectivity index is 1.70. The lowest BCUT2D eigenvalue weighted by molar-refractivity contribution is -0.130. The van der Waals surface area contributed by atoms with Crippen molar-refractivity contribution in [1.29, 1.82) is 0 Å². The molecule has 2 aliphatic rings. The van der Waals surface area contributed by atoms with E-state index in [1.807, 2.05) is 4.90 Å². The van der Waals surface area contributed by atoms with E-state index in [0.29, 0.717) is 0 Å². The van der Waals surface area contributed by atoms with Crippen LogP contribution in [0.5, 0.6) is 0 Å². The highest BCUT2D eigenvalue weighted by Crippen LogP contribution is 2.18. The van der Waals surface area contributed by atoms with Crippen LogP contribution in [0.2, 0.25) is 0 Å². The molecule has 2 fully saturated rings. The van der Waals surface area contributed by atoms with E-state index in [2.05, 4.69) is 10.2 Å². The topological polar surface area (TPSA) is 35.6 Å². The van der Waals surface area contributed by atoms with Crippen molar-refractivity contribution in [2.24, 2.45) is 5.92 Å². The van der Waals surface area contributed by atoms with Gasteiger partial charge in [0, 0.05) is 52.7 Å². The van der Waals surface area contributed by atoms with E-state index in [1.165, 1.54) is 32.5 Å². The highest BCUT2D eigenvalue weighted by Gasteiger charge is 2.22. The van der Waals surface area contributed by atoms with Crippen molar-refractivity contribution in [3.8, 4) is 0 Å². The smallest absolute Gasteiger partial charge is 0.219 e. The van der Waals surface area contributed by atoms with Gasteiger partial charge in [0.1, 0.15) is 0 Å². The summed E-state index contributed by atoms with van der Waals surface area (Å²) in [7, 11) is 0. The molecule has 4 heteroatoms. The number of rotatable bonds is 2. The third-order valence-electron chi connectivity index (χ3n) is 3.79. The Bertz CT molecular complexity index is 230. The average Bonchev–Trinajstić information content (AvgIpc) is 2.31. The van der Waals surface area contributed by atoms with Crippen LogP contribution < -0.4 is 5.32 Å². The zero-order valence-corrected chi connectivity index (χ0v) is 10.2. The average molecular weight is 225 g/mol. The molecule has 2 saturated heterocycles. The number of nitrogens with zero attached hydrogens (tertiary/aromatic N) is 2. The maximum absolute atomic E-state index is 11.2. The molecule has 2 aliphatic heterocycles. The molecule has 0 aliphatic carbocycles. The third-order valence-corrected chi connectivity index (χ3v) is 3.79. The lowest BCUT2D eigenvalue weighted by Crippen LogP contribution is -2.47. The van der Waals surface area contributed by atoms with Crippen LogP contribution in [0.3, 0.4) is 0 Å². The summed E-state index contributed by atoms with van der Waals surface area (Å²) in [6.07, 6.45) is 2.37. The van der Waals surface area contributed by atoms with Gasteiger partial charge < -0.3 is 15.1 Å². The third kappa shape index (κ3) is 3.19. The predicted octanol–water partition coefficient (Wildman–Crippen LogP) is 0.150. The zero-order valence-electron chi connectivity index (χ0n) is 10.2. The van der Waals surface area contributed by atoms with E-state index in [-0.39, 0.29) is 5.91 Å². The second-order valence-electron chi connectivity index (χ2n) is 5.00. The van der Waals surface area contributed by atoms with Crippen molar-refractivity contribution >= 4 is 5.91 Å². The van der Waals surface area contributed by atoms with Crippen molar-refractivity contribution in [3.05, 3.63) is 0 Å². The molecule has 2 heterocycles. The molecule has 0 unspecified atom stereocenters. The Labute approximate surface area is 98.0 Å². The fourth-order valence-corrected chi connectivity index (χ4v) is 2.69. The van der Waals surface area contributed by atoms with E-state index in [0.717, 1.165) is 32.1 Å². The van der Waals surface area contributed by atoms with E-state index >= 15 is 0 Å². The molecule has 0 saturated carbocycles. The minimum Gasteiger partial charge on any atom is -0.343 e. The van der Waals surface area contributed by atoms with E-state index in [1.54, 1.807) is 6.92 Å². The Hall–Kier alpha value is -0.610. The van der Waals surface area contributed by atoms with Gasteiger partial charge in [0.2, 0.25) is 5.91 Å². The largest absolute Gasteiger partial charge is 0.343 e. The molecule has 0 atom stereocenters. The monoisotopic (exact) mass is 225 g/mol. The van der Waals surface area contributed by atoms with Gasteiger partial charge in [0.05, 0.1) is 0 Å². The van der Waals surface area contributed by atoms with Crippen molar-refractivity contribution in [1.82, 2.24) is 15.1 Å². The quantitative estimate of drug-likeness (QED) is 0.726. The number of piperazine rings is 1. The van der Waals surface area contributed by atoms with Crippen LogP contribution in [0.15, 0.2) is 0 Å². The summed E-state index contributed by atoms with van der Waals surface area (Å²) < 4.78 is 0. The van der Waals surface area contributed by atoms with Crippen LogP contribution in [0.25, 0.3) is 0 Å². The number of nitrogens with one attached hydrogen (secondary N) is 1. The lowest BCUT2D eigenvalue weighted by atomic mass is 9.96. The van der Waals surface area contributed by atoms with E-state index < -0.39 is 0 Å². The van der Waals surface area contributed by atoms with Gasteiger partial charge in [-0.15, -0.1) is 0 Å². The Morgan fingerprint density at radius 2 is 1.81 bits per heavy atom. The van der Waals surface area contributed by atoms with E-state index in [4.69, 9.17) is 0 Å². The van der Waals surface area contributed by atoms with Crippen LogP contribution >= 0.6 is 0 Å². The van der Waals surface area contributed by atoms with Crippen LogP contribution in [0, 0.1) is 5.92 Å². The molecule has 4 nitrogen and oxygen atoms in total. The van der Waals surface area contributed by atoms with Gasteiger partial charge in [0.25, 0.3) is 0 Å². The normalized spacial score (nSPS) is 24.7.